The smallest absolute Gasteiger partial charge is 1.00 e. The first-order valence-electron chi connectivity index (χ1n) is 1.15. The predicted molar refractivity (Wildman–Crippen MR) is 31.8 cm³/mol. The molecule has 0 amide bonds. The van der Waals surface area contributed by atoms with Crippen LogP contribution in [0.15, 0.2) is 0 Å². The van der Waals surface area contributed by atoms with Gasteiger partial charge in [-0.25, -0.2) is 0 Å². The number of hydrogen-bond donors (Lipinski definition) is 0. The molecule has 0 unspecified atom stereocenters. The van der Waals surface area contributed by atoms with Crippen LogP contribution in [0.2, 0.25) is 0 Å². The Morgan fingerprint density at radius 1 is 0.556 bits per heavy atom. The zero-order valence-electron chi connectivity index (χ0n) is 7.79. The van der Waals surface area contributed by atoms with Crippen LogP contribution in [-0.2, 0) is 38.7 Å². The van der Waals surface area contributed by atoms with Gasteiger partial charge >= 0.3 is 19.5 Å². The van der Waals surface area contributed by atoms with Crippen molar-refractivity contribution in [1.29, 1.82) is 0 Å². The van der Waals surface area contributed by atoms with E-state index in [-0.39, 0.29) is 23.8 Å². The average Bonchev–Trinajstić information content (AvgIpc) is 2.03. The molecule has 9 heavy (non-hydrogen) atoms. The van der Waals surface area contributed by atoms with Crippen molar-refractivity contribution in [3.63, 3.8) is 0 Å². The summed E-state index contributed by atoms with van der Waals surface area (Å²) in [5.41, 5.74) is 0. The number of carbonyl (C=O) groups is 4. The first-order chi connectivity index (χ1) is 4.00. The number of hydrogen-bond acceptors (Lipinski definition) is 4. The third-order valence-corrected chi connectivity index (χ3v) is 0. The summed E-state index contributed by atoms with van der Waals surface area (Å²) in [4.78, 5) is 32.0. The molecule has 0 rings (SSSR count). The molecule has 0 bridgehead atoms. The zero-order chi connectivity index (χ0) is 8.00. The van der Waals surface area contributed by atoms with Gasteiger partial charge in [-0.3, -0.25) is 0 Å². The van der Waals surface area contributed by atoms with Crippen molar-refractivity contribution in [1.82, 2.24) is 0 Å². The van der Waals surface area contributed by atoms with Crippen LogP contribution in [0, 0.1) is 0 Å². The van der Waals surface area contributed by atoms with E-state index >= 15 is 0 Å². The molecule has 0 aromatic rings. The van der Waals surface area contributed by atoms with Gasteiger partial charge in [0.2, 0.25) is 0 Å². The summed E-state index contributed by atoms with van der Waals surface area (Å²) in [6.45, 7) is 8.00. The fourth-order valence-electron chi connectivity index (χ4n) is 0. The Morgan fingerprint density at radius 3 is 0.556 bits per heavy atom. The minimum absolute atomic E-state index is 0. The number of carbonyl (C=O) groups excluding carboxylic acids is 4. The summed E-state index contributed by atoms with van der Waals surface area (Å²) in [7, 11) is 0. The second-order valence-electron chi connectivity index (χ2n) is 0. The maximum atomic E-state index is 8.00. The molecule has 0 radical (unpaired) electrons. The van der Waals surface area contributed by atoms with Gasteiger partial charge in [-0.1, -0.05) is 0 Å². The standard InChI is InChI=1S/4CH2O.Rh.3H/c4*1-2;;;;/h4*1H2;;;;/q;;;;+3;3*-1. The van der Waals surface area contributed by atoms with Crippen LogP contribution in [0.25, 0.3) is 0 Å². The van der Waals surface area contributed by atoms with E-state index in [0.717, 1.165) is 0 Å². The quantitative estimate of drug-likeness (QED) is 0.527. The van der Waals surface area contributed by atoms with E-state index in [1.807, 2.05) is 27.2 Å². The summed E-state index contributed by atoms with van der Waals surface area (Å²) in [6.07, 6.45) is 0. The van der Waals surface area contributed by atoms with E-state index in [9.17, 15) is 0 Å². The average molecular weight is 226 g/mol. The molecular formula is C4H11O4Rh. The van der Waals surface area contributed by atoms with E-state index in [2.05, 4.69) is 0 Å². The summed E-state index contributed by atoms with van der Waals surface area (Å²) in [6, 6.07) is 0. The van der Waals surface area contributed by atoms with Crippen LogP contribution in [0.4, 0.5) is 0 Å². The van der Waals surface area contributed by atoms with Crippen molar-refractivity contribution < 1.29 is 42.9 Å². The molecule has 4 nitrogen and oxygen atoms in total. The van der Waals surface area contributed by atoms with Crippen molar-refractivity contribution >= 4 is 27.2 Å². The van der Waals surface area contributed by atoms with Crippen LogP contribution in [0.1, 0.15) is 4.28 Å². The molecule has 0 saturated heterocycles. The molecule has 0 aromatic carbocycles. The third kappa shape index (κ3) is 423. The first kappa shape index (κ1) is 40.6. The Kier molecular flexibility index (Phi) is 2700. The van der Waals surface area contributed by atoms with Gasteiger partial charge < -0.3 is 23.5 Å². The monoisotopic (exact) mass is 226 g/mol. The maximum Gasteiger partial charge on any atom is 3.00 e. The molecule has 5 heteroatoms. The molecule has 0 fully saturated rings. The normalized spacial score (nSPS) is 1.78. The number of rotatable bonds is 0. The molecule has 0 heterocycles. The van der Waals surface area contributed by atoms with Gasteiger partial charge in [-0.15, -0.1) is 0 Å². The van der Waals surface area contributed by atoms with Crippen molar-refractivity contribution in [3.05, 3.63) is 0 Å². The van der Waals surface area contributed by atoms with Crippen LogP contribution >= 0.6 is 0 Å². The van der Waals surface area contributed by atoms with Crippen molar-refractivity contribution in [3.8, 4) is 0 Å². The summed E-state index contributed by atoms with van der Waals surface area (Å²) >= 11 is 0. The second kappa shape index (κ2) is 598. The van der Waals surface area contributed by atoms with Gasteiger partial charge in [-0.2, -0.15) is 0 Å². The Hall–Kier alpha value is -0.697. The topological polar surface area (TPSA) is 68.3 Å². The molecule has 0 atom stereocenters. The van der Waals surface area contributed by atoms with Gasteiger partial charge in [0.15, 0.2) is 0 Å². The minimum atomic E-state index is 0. The van der Waals surface area contributed by atoms with E-state index in [0.29, 0.717) is 0 Å². The van der Waals surface area contributed by atoms with Crippen molar-refractivity contribution in [2.45, 2.75) is 0 Å². The predicted octanol–water partition coefficient (Wildman–Crippen LogP) is -0.405. The Bertz CT molecular complexity index is 30.3. The van der Waals surface area contributed by atoms with Gasteiger partial charge in [0, 0.05) is 0 Å². The van der Waals surface area contributed by atoms with Crippen LogP contribution in [0.3, 0.4) is 0 Å². The molecule has 0 spiro atoms. The molecular weight excluding hydrogens is 215 g/mol. The summed E-state index contributed by atoms with van der Waals surface area (Å²) in [5, 5.41) is 0. The van der Waals surface area contributed by atoms with E-state index in [4.69, 9.17) is 19.2 Å². The maximum absolute atomic E-state index is 8.00. The molecule has 0 aliphatic carbocycles. The fraction of sp³-hybridized carbons (Fsp3) is 0. The van der Waals surface area contributed by atoms with Crippen LogP contribution < -0.4 is 0 Å². The second-order valence-corrected chi connectivity index (χ2v) is 0. The summed E-state index contributed by atoms with van der Waals surface area (Å²) in [5.74, 6) is 0. The molecule has 60 valence electrons. The largest absolute Gasteiger partial charge is 3.00 e. The third-order valence-electron chi connectivity index (χ3n) is 0. The summed E-state index contributed by atoms with van der Waals surface area (Å²) < 4.78 is 0. The van der Waals surface area contributed by atoms with Gasteiger partial charge in [0.05, 0.1) is 0 Å². The molecule has 0 aromatic heterocycles. The van der Waals surface area contributed by atoms with Crippen molar-refractivity contribution in [2.24, 2.45) is 0 Å². The van der Waals surface area contributed by atoms with Gasteiger partial charge in [0.25, 0.3) is 0 Å². The van der Waals surface area contributed by atoms with E-state index in [1.54, 1.807) is 0 Å². The van der Waals surface area contributed by atoms with Crippen LogP contribution in [0.5, 0.6) is 0 Å². The molecule has 0 saturated carbocycles. The molecule has 0 aliphatic heterocycles. The van der Waals surface area contributed by atoms with Crippen molar-refractivity contribution in [2.75, 3.05) is 0 Å². The zero-order valence-corrected chi connectivity index (χ0v) is 6.43. The minimum Gasteiger partial charge on any atom is -1.00 e. The Labute approximate surface area is 70.8 Å². The SMILES string of the molecule is C=O.C=O.C=O.C=O.[H-].[H-].[H-].[Rh+3]. The van der Waals surface area contributed by atoms with E-state index < -0.39 is 0 Å². The van der Waals surface area contributed by atoms with Crippen LogP contribution in [-0.4, -0.2) is 27.2 Å². The van der Waals surface area contributed by atoms with Gasteiger partial charge in [-0.05, 0) is 0 Å². The fourth-order valence-corrected chi connectivity index (χ4v) is 0. The Morgan fingerprint density at radius 2 is 0.556 bits per heavy atom. The molecule has 0 N–H and O–H groups in total. The van der Waals surface area contributed by atoms with E-state index in [1.165, 1.54) is 0 Å². The van der Waals surface area contributed by atoms with Gasteiger partial charge in [0.1, 0.15) is 27.2 Å². The Balaban J connectivity index is -0.00000000267. The molecule has 0 aliphatic rings. The first-order valence-corrected chi connectivity index (χ1v) is 1.15.